The molecule has 1 aliphatic heterocycles. The Morgan fingerprint density at radius 3 is 2.88 bits per heavy atom. The zero-order valence-electron chi connectivity index (χ0n) is 14.4. The van der Waals surface area contributed by atoms with Gasteiger partial charge in [-0.3, -0.25) is 4.98 Å². The van der Waals surface area contributed by atoms with Gasteiger partial charge in [-0.1, -0.05) is 5.16 Å². The fourth-order valence-electron chi connectivity index (χ4n) is 2.49. The van der Waals surface area contributed by atoms with Crippen LogP contribution in [0, 0.1) is 0 Å². The van der Waals surface area contributed by atoms with Crippen molar-refractivity contribution in [2.24, 2.45) is 0 Å². The van der Waals surface area contributed by atoms with Crippen LogP contribution in [0.2, 0.25) is 0 Å². The van der Waals surface area contributed by atoms with Gasteiger partial charge in [0.05, 0.1) is 12.3 Å². The van der Waals surface area contributed by atoms with Gasteiger partial charge in [-0.2, -0.15) is 4.98 Å². The second-order valence-electron chi connectivity index (χ2n) is 6.72. The second kappa shape index (κ2) is 7.14. The number of nitrogens with zero attached hydrogens (tertiary/aromatic N) is 4. The van der Waals surface area contributed by atoms with E-state index >= 15 is 0 Å². The molecule has 0 aromatic carbocycles. The summed E-state index contributed by atoms with van der Waals surface area (Å²) in [4.78, 5) is 24.6. The molecule has 0 spiro atoms. The van der Waals surface area contributed by atoms with Gasteiger partial charge in [-0.25, -0.2) is 9.78 Å². The van der Waals surface area contributed by atoms with Gasteiger partial charge in [-0.05, 0) is 33.6 Å². The summed E-state index contributed by atoms with van der Waals surface area (Å²) < 4.78 is 16.4. The number of hydrogen-bond donors (Lipinski definition) is 1. The van der Waals surface area contributed by atoms with E-state index < -0.39 is 17.7 Å². The monoisotopic (exact) mass is 347 g/mol. The van der Waals surface area contributed by atoms with Crippen LogP contribution in [-0.4, -0.2) is 44.5 Å². The van der Waals surface area contributed by atoms with E-state index in [1.807, 2.05) is 0 Å². The van der Waals surface area contributed by atoms with Gasteiger partial charge in [-0.15, -0.1) is 0 Å². The van der Waals surface area contributed by atoms with Crippen molar-refractivity contribution in [2.75, 3.05) is 6.61 Å². The van der Waals surface area contributed by atoms with E-state index in [9.17, 15) is 4.79 Å². The molecule has 0 bridgehead atoms. The second-order valence-corrected chi connectivity index (χ2v) is 6.72. The van der Waals surface area contributed by atoms with Gasteiger partial charge in [0.1, 0.15) is 17.3 Å². The molecule has 2 atom stereocenters. The van der Waals surface area contributed by atoms with Crippen LogP contribution in [-0.2, 0) is 9.47 Å². The van der Waals surface area contributed by atoms with Crippen LogP contribution < -0.4 is 5.32 Å². The Morgan fingerprint density at radius 2 is 2.24 bits per heavy atom. The molecule has 3 heterocycles. The molecular formula is C16H21N5O4. The van der Waals surface area contributed by atoms with Crippen molar-refractivity contribution in [1.82, 2.24) is 25.4 Å². The molecule has 0 saturated carbocycles. The van der Waals surface area contributed by atoms with Gasteiger partial charge in [0.2, 0.25) is 5.82 Å². The smallest absolute Gasteiger partial charge is 0.408 e. The zero-order valence-corrected chi connectivity index (χ0v) is 14.4. The normalized spacial score (nSPS) is 18.8. The van der Waals surface area contributed by atoms with Gasteiger partial charge >= 0.3 is 6.09 Å². The minimum Gasteiger partial charge on any atom is -0.444 e. The minimum atomic E-state index is -0.606. The maximum atomic E-state index is 12.2. The van der Waals surface area contributed by atoms with Crippen molar-refractivity contribution in [1.29, 1.82) is 0 Å². The first-order chi connectivity index (χ1) is 11.9. The lowest BCUT2D eigenvalue weighted by Gasteiger charge is -2.24. The van der Waals surface area contributed by atoms with E-state index in [4.69, 9.17) is 14.0 Å². The predicted octanol–water partition coefficient (Wildman–Crippen LogP) is 2.27. The first-order valence-corrected chi connectivity index (χ1v) is 8.13. The Balaban J connectivity index is 1.80. The van der Waals surface area contributed by atoms with E-state index in [0.717, 1.165) is 12.8 Å². The molecule has 1 fully saturated rings. The molecule has 1 saturated heterocycles. The van der Waals surface area contributed by atoms with Gasteiger partial charge in [0.25, 0.3) is 5.89 Å². The molecule has 3 rings (SSSR count). The molecule has 2 aromatic rings. The average molecular weight is 347 g/mol. The summed E-state index contributed by atoms with van der Waals surface area (Å²) in [6.45, 7) is 6.02. The number of alkyl carbamates (subject to hydrolysis) is 1. The molecule has 0 radical (unpaired) electrons. The Labute approximate surface area is 145 Å². The van der Waals surface area contributed by atoms with E-state index in [-0.39, 0.29) is 12.0 Å². The lowest BCUT2D eigenvalue weighted by atomic mass is 10.1. The summed E-state index contributed by atoms with van der Waals surface area (Å²) in [6.07, 6.45) is 5.52. The highest BCUT2D eigenvalue weighted by Gasteiger charge is 2.34. The first-order valence-electron chi connectivity index (χ1n) is 8.13. The summed E-state index contributed by atoms with van der Waals surface area (Å²) in [5.74, 6) is 0.551. The summed E-state index contributed by atoms with van der Waals surface area (Å²) >= 11 is 0. The van der Waals surface area contributed by atoms with Crippen molar-refractivity contribution in [3.05, 3.63) is 24.5 Å². The maximum absolute atomic E-state index is 12.2. The Morgan fingerprint density at radius 1 is 1.40 bits per heavy atom. The number of amides is 1. The van der Waals surface area contributed by atoms with Crippen LogP contribution in [0.25, 0.3) is 11.5 Å². The van der Waals surface area contributed by atoms with Gasteiger partial charge < -0.3 is 19.3 Å². The number of carbonyl (C=O) groups is 1. The lowest BCUT2D eigenvalue weighted by Crippen LogP contribution is -2.39. The molecule has 1 N–H and O–H groups in total. The summed E-state index contributed by atoms with van der Waals surface area (Å²) in [5, 5.41) is 6.70. The van der Waals surface area contributed by atoms with Crippen molar-refractivity contribution in [2.45, 2.75) is 51.4 Å². The minimum absolute atomic E-state index is 0.248. The predicted molar refractivity (Wildman–Crippen MR) is 86.4 cm³/mol. The highest BCUT2D eigenvalue weighted by Crippen LogP contribution is 2.27. The standard InChI is InChI=1S/C16H21N5O4/c1-16(2,3)24-15(22)19-12(11-5-4-8-23-11)14-20-13(21-25-14)10-9-17-6-7-18-10/h6-7,9,11-12H,4-5,8H2,1-3H3,(H,19,22). The van der Waals surface area contributed by atoms with Crippen LogP contribution in [0.15, 0.2) is 23.1 Å². The first kappa shape index (κ1) is 17.3. The van der Waals surface area contributed by atoms with Crippen LogP contribution >= 0.6 is 0 Å². The molecule has 2 unspecified atom stereocenters. The van der Waals surface area contributed by atoms with Crippen LogP contribution in [0.3, 0.4) is 0 Å². The molecular weight excluding hydrogens is 326 g/mol. The number of carbonyl (C=O) groups excluding carboxylic acids is 1. The van der Waals surface area contributed by atoms with Crippen molar-refractivity contribution in [3.8, 4) is 11.5 Å². The van der Waals surface area contributed by atoms with E-state index in [1.165, 1.54) is 6.20 Å². The third-order valence-corrected chi connectivity index (χ3v) is 3.51. The average Bonchev–Trinajstić information content (AvgIpc) is 3.24. The lowest BCUT2D eigenvalue weighted by molar-refractivity contribution is 0.0318. The quantitative estimate of drug-likeness (QED) is 0.896. The number of rotatable bonds is 4. The maximum Gasteiger partial charge on any atom is 0.408 e. The van der Waals surface area contributed by atoms with E-state index in [1.54, 1.807) is 33.2 Å². The zero-order chi connectivity index (χ0) is 17.9. The largest absolute Gasteiger partial charge is 0.444 e. The molecule has 2 aromatic heterocycles. The van der Waals surface area contributed by atoms with Crippen molar-refractivity contribution in [3.63, 3.8) is 0 Å². The fraction of sp³-hybridized carbons (Fsp3) is 0.562. The van der Waals surface area contributed by atoms with Crippen LogP contribution in [0.1, 0.15) is 45.5 Å². The molecule has 0 aliphatic carbocycles. The highest BCUT2D eigenvalue weighted by molar-refractivity contribution is 5.68. The van der Waals surface area contributed by atoms with Gasteiger partial charge in [0, 0.05) is 19.0 Å². The molecule has 1 amide bonds. The van der Waals surface area contributed by atoms with Crippen molar-refractivity contribution < 1.29 is 18.8 Å². The Bertz CT molecular complexity index is 707. The van der Waals surface area contributed by atoms with E-state index in [0.29, 0.717) is 18.1 Å². The summed E-state index contributed by atoms with van der Waals surface area (Å²) in [6, 6.07) is -0.588. The van der Waals surface area contributed by atoms with Crippen LogP contribution in [0.4, 0.5) is 4.79 Å². The summed E-state index contributed by atoms with van der Waals surface area (Å²) in [7, 11) is 0. The Hall–Kier alpha value is -2.55. The summed E-state index contributed by atoms with van der Waals surface area (Å²) in [5.41, 5.74) is -0.119. The topological polar surface area (TPSA) is 112 Å². The number of ether oxygens (including phenoxy) is 2. The van der Waals surface area contributed by atoms with E-state index in [2.05, 4.69) is 25.4 Å². The third-order valence-electron chi connectivity index (χ3n) is 3.51. The molecule has 134 valence electrons. The number of aromatic nitrogens is 4. The highest BCUT2D eigenvalue weighted by atomic mass is 16.6. The SMILES string of the molecule is CC(C)(C)OC(=O)NC(c1nc(-c2cnccn2)no1)C1CCCO1. The molecule has 1 aliphatic rings. The molecule has 25 heavy (non-hydrogen) atoms. The van der Waals surface area contributed by atoms with Gasteiger partial charge in [0.15, 0.2) is 0 Å². The van der Waals surface area contributed by atoms with Crippen molar-refractivity contribution >= 4 is 6.09 Å². The number of nitrogens with one attached hydrogen (secondary N) is 1. The number of hydrogen-bond acceptors (Lipinski definition) is 8. The molecule has 9 heteroatoms. The third kappa shape index (κ3) is 4.50. The van der Waals surface area contributed by atoms with Crippen LogP contribution in [0.5, 0.6) is 0 Å². The fourth-order valence-corrected chi connectivity index (χ4v) is 2.49. The molecule has 9 nitrogen and oxygen atoms in total. The Kier molecular flexibility index (Phi) is 4.93.